The minimum atomic E-state index is -1.78. The van der Waals surface area contributed by atoms with Crippen LogP contribution in [0.4, 0.5) is 23.2 Å². The summed E-state index contributed by atoms with van der Waals surface area (Å²) in [7, 11) is 0. The van der Waals surface area contributed by atoms with Gasteiger partial charge in [0, 0.05) is 41.1 Å². The Bertz CT molecular complexity index is 1950. The molecule has 0 saturated heterocycles. The molecule has 48 heavy (non-hydrogen) atoms. The number of nitrogens with one attached hydrogen (secondary N) is 2. The molecule has 1 aliphatic heterocycles. The van der Waals surface area contributed by atoms with Crippen LogP contribution in [0.5, 0.6) is 0 Å². The molecule has 4 aliphatic carbocycles. The summed E-state index contributed by atoms with van der Waals surface area (Å²) in [6, 6.07) is 4.62. The van der Waals surface area contributed by atoms with Crippen molar-refractivity contribution in [2.45, 2.75) is 90.5 Å². The maximum atomic E-state index is 14.5. The van der Waals surface area contributed by atoms with Crippen molar-refractivity contribution in [1.82, 2.24) is 5.32 Å². The van der Waals surface area contributed by atoms with Crippen LogP contribution in [0, 0.1) is 64.7 Å². The Balaban J connectivity index is 1.09. The van der Waals surface area contributed by atoms with Crippen LogP contribution in [-0.4, -0.2) is 18.2 Å². The van der Waals surface area contributed by atoms with Crippen molar-refractivity contribution >= 4 is 28.3 Å². The molecule has 4 saturated carbocycles. The highest BCUT2D eigenvalue weighted by Crippen LogP contribution is 2.67. The van der Waals surface area contributed by atoms with Crippen LogP contribution >= 0.6 is 0 Å². The van der Waals surface area contributed by atoms with Crippen molar-refractivity contribution in [2.75, 3.05) is 11.9 Å². The molecule has 3 aromatic rings. The fourth-order valence-electron chi connectivity index (χ4n) is 11.2. The number of ketones is 1. The summed E-state index contributed by atoms with van der Waals surface area (Å²) in [5.74, 6) is -5.68. The number of carbonyl (C=O) groups is 2. The maximum absolute atomic E-state index is 14.5. The zero-order valence-corrected chi connectivity index (χ0v) is 27.5. The molecule has 2 aromatic carbocycles. The highest BCUT2D eigenvalue weighted by Gasteiger charge is 2.62. The molecule has 0 unspecified atom stereocenters. The molecule has 5 aliphatic rings. The lowest BCUT2D eigenvalue weighted by atomic mass is 9.43. The average Bonchev–Trinajstić information content (AvgIpc) is 3.37. The van der Waals surface area contributed by atoms with Crippen LogP contribution in [-0.2, 0) is 16.8 Å². The quantitative estimate of drug-likeness (QED) is 0.166. The number of halogens is 4. The predicted molar refractivity (Wildman–Crippen MR) is 172 cm³/mol. The van der Waals surface area contributed by atoms with Gasteiger partial charge in [-0.15, -0.1) is 0 Å². The van der Waals surface area contributed by atoms with E-state index in [9.17, 15) is 31.9 Å². The third-order valence-corrected chi connectivity index (χ3v) is 13.8. The first-order chi connectivity index (χ1) is 22.8. The number of hydrogen-bond acceptors (Lipinski definition) is 5. The van der Waals surface area contributed by atoms with E-state index in [1.807, 2.05) is 0 Å². The normalized spacial score (nSPS) is 34.0. The van der Waals surface area contributed by atoms with Gasteiger partial charge in [-0.2, -0.15) is 0 Å². The second-order valence-corrected chi connectivity index (χ2v) is 15.7. The maximum Gasteiger partial charge on any atom is 0.341 e. The summed E-state index contributed by atoms with van der Waals surface area (Å²) < 4.78 is 63.1. The SMILES string of the molecule is Cc1c(F)c(F)c(C(=O)Nc2ccc3c4c(c(=O)oc3c2)[C@]2(CC[C@@]3(C)[C@@H](CC[C@@H]5[C@@H]3CC[C@]3(C)C(=O)CC[C@@H]53)C2)NCC4)c(F)c1F. The summed E-state index contributed by atoms with van der Waals surface area (Å²) in [6.45, 7) is 6.24. The highest BCUT2D eigenvalue weighted by atomic mass is 19.2. The van der Waals surface area contributed by atoms with Crippen molar-refractivity contribution in [3.8, 4) is 0 Å². The van der Waals surface area contributed by atoms with E-state index < -0.39 is 51.5 Å². The standard InChI is InChI=1S/C38H40F4N2O4/c1-18-30(39)32(41)28(33(42)31(18)40)34(46)44-20-5-7-21-22-11-15-43-38(29(22)35(47)48-26(21)16-20)14-13-36(2)19(17-38)4-6-23-24-8-9-27(45)37(24,3)12-10-25(23)36/h5,7,16,19,23-25,43H,4,6,8-15,17H2,1-3H3,(H,44,46)/t19-,23-,24-,25-,36-,37-,38+/m0/s1. The molecule has 2 N–H and O–H groups in total. The first-order valence-corrected chi connectivity index (χ1v) is 17.3. The lowest BCUT2D eigenvalue weighted by molar-refractivity contribution is -0.142. The minimum absolute atomic E-state index is 0.0529. The Morgan fingerprint density at radius 3 is 2.42 bits per heavy atom. The van der Waals surface area contributed by atoms with Gasteiger partial charge in [-0.05, 0) is 111 Å². The van der Waals surface area contributed by atoms with Crippen LogP contribution in [0.2, 0.25) is 0 Å². The molecule has 2 heterocycles. The molecule has 8 rings (SSSR count). The second kappa shape index (κ2) is 10.7. The van der Waals surface area contributed by atoms with Gasteiger partial charge in [0.15, 0.2) is 23.3 Å². The first kappa shape index (κ1) is 31.7. The Kier molecular flexibility index (Phi) is 7.09. The van der Waals surface area contributed by atoms with E-state index in [0.717, 1.165) is 70.3 Å². The fourth-order valence-corrected chi connectivity index (χ4v) is 11.2. The predicted octanol–water partition coefficient (Wildman–Crippen LogP) is 7.86. The number of carbonyl (C=O) groups excluding carboxylic acids is 2. The number of hydrogen-bond donors (Lipinski definition) is 2. The molecule has 7 atom stereocenters. The zero-order chi connectivity index (χ0) is 33.9. The topological polar surface area (TPSA) is 88.4 Å². The number of amides is 1. The van der Waals surface area contributed by atoms with Gasteiger partial charge in [0.2, 0.25) is 0 Å². The van der Waals surface area contributed by atoms with Crippen LogP contribution in [0.25, 0.3) is 11.0 Å². The second-order valence-electron chi connectivity index (χ2n) is 15.7. The Morgan fingerprint density at radius 2 is 1.67 bits per heavy atom. The minimum Gasteiger partial charge on any atom is -0.422 e. The van der Waals surface area contributed by atoms with E-state index >= 15 is 0 Å². The third kappa shape index (κ3) is 4.29. The van der Waals surface area contributed by atoms with Crippen molar-refractivity contribution in [1.29, 1.82) is 0 Å². The van der Waals surface area contributed by atoms with E-state index in [1.165, 1.54) is 12.1 Å². The van der Waals surface area contributed by atoms with Crippen molar-refractivity contribution in [3.63, 3.8) is 0 Å². The molecular formula is C38H40F4N2O4. The molecule has 4 fully saturated rings. The van der Waals surface area contributed by atoms with Gasteiger partial charge in [0.05, 0.1) is 11.1 Å². The van der Waals surface area contributed by atoms with Crippen LogP contribution in [0.15, 0.2) is 27.4 Å². The third-order valence-electron chi connectivity index (χ3n) is 13.8. The average molecular weight is 665 g/mol. The van der Waals surface area contributed by atoms with E-state index in [0.29, 0.717) is 53.4 Å². The molecule has 1 spiro atoms. The van der Waals surface area contributed by atoms with E-state index in [1.54, 1.807) is 6.07 Å². The Hall–Kier alpha value is -3.53. The van der Waals surface area contributed by atoms with Gasteiger partial charge in [0.25, 0.3) is 5.91 Å². The van der Waals surface area contributed by atoms with E-state index in [4.69, 9.17) is 4.42 Å². The molecule has 10 heteroatoms. The Labute approximate surface area is 276 Å². The van der Waals surface area contributed by atoms with Gasteiger partial charge in [-0.3, -0.25) is 9.59 Å². The van der Waals surface area contributed by atoms with Crippen molar-refractivity contribution in [2.24, 2.45) is 34.5 Å². The number of benzene rings is 2. The van der Waals surface area contributed by atoms with E-state index in [-0.39, 0.29) is 22.1 Å². The van der Waals surface area contributed by atoms with Gasteiger partial charge in [0.1, 0.15) is 16.9 Å². The zero-order valence-electron chi connectivity index (χ0n) is 27.5. The molecule has 6 nitrogen and oxygen atoms in total. The monoisotopic (exact) mass is 664 g/mol. The number of rotatable bonds is 2. The van der Waals surface area contributed by atoms with Crippen LogP contribution in [0.3, 0.4) is 0 Å². The van der Waals surface area contributed by atoms with Gasteiger partial charge in [-0.1, -0.05) is 13.8 Å². The smallest absolute Gasteiger partial charge is 0.341 e. The number of anilines is 1. The summed E-state index contributed by atoms with van der Waals surface area (Å²) >= 11 is 0. The first-order valence-electron chi connectivity index (χ1n) is 17.3. The fraction of sp³-hybridized carbons (Fsp3) is 0.553. The van der Waals surface area contributed by atoms with Gasteiger partial charge < -0.3 is 15.1 Å². The largest absolute Gasteiger partial charge is 0.422 e. The summed E-state index contributed by atoms with van der Waals surface area (Å²) in [5, 5.41) is 6.76. The van der Waals surface area contributed by atoms with E-state index in [2.05, 4.69) is 24.5 Å². The van der Waals surface area contributed by atoms with Crippen LogP contribution in [0.1, 0.15) is 98.7 Å². The molecule has 254 valence electrons. The number of fused-ring (bicyclic) bond motifs is 9. The summed E-state index contributed by atoms with van der Waals surface area (Å²) in [5.41, 5.74) is -1.40. The molecule has 0 radical (unpaired) electrons. The lowest BCUT2D eigenvalue weighted by Crippen LogP contribution is -2.60. The van der Waals surface area contributed by atoms with Crippen molar-refractivity contribution in [3.05, 3.63) is 74.1 Å². The molecule has 1 amide bonds. The number of Topliss-reactive ketones (excluding diaryl/α,β-unsaturated/α-hetero) is 1. The summed E-state index contributed by atoms with van der Waals surface area (Å²) in [6.07, 6.45) is 9.24. The molecule has 0 bridgehead atoms. The Morgan fingerprint density at radius 1 is 0.917 bits per heavy atom. The van der Waals surface area contributed by atoms with Crippen LogP contribution < -0.4 is 16.3 Å². The summed E-state index contributed by atoms with van der Waals surface area (Å²) in [4.78, 5) is 39.5. The highest BCUT2D eigenvalue weighted by molar-refractivity contribution is 6.05. The lowest BCUT2D eigenvalue weighted by Gasteiger charge is -2.62. The van der Waals surface area contributed by atoms with Gasteiger partial charge >= 0.3 is 5.63 Å². The molecular weight excluding hydrogens is 624 g/mol. The molecule has 1 aromatic heterocycles. The van der Waals surface area contributed by atoms with Crippen molar-refractivity contribution < 1.29 is 31.6 Å². The van der Waals surface area contributed by atoms with Gasteiger partial charge in [-0.25, -0.2) is 22.4 Å².